The predicted octanol–water partition coefficient (Wildman–Crippen LogP) is 2.04. The van der Waals surface area contributed by atoms with Crippen LogP contribution in [0, 0.1) is 0 Å². The van der Waals surface area contributed by atoms with Gasteiger partial charge in [-0.3, -0.25) is 0 Å². The fourth-order valence-corrected chi connectivity index (χ4v) is 5.16. The molecule has 20 heavy (non-hydrogen) atoms. The van der Waals surface area contributed by atoms with E-state index in [2.05, 4.69) is 20.7 Å². The third-order valence-electron chi connectivity index (χ3n) is 2.59. The van der Waals surface area contributed by atoms with Crippen LogP contribution in [-0.2, 0) is 10.0 Å². The third-order valence-corrected chi connectivity index (χ3v) is 6.23. The molecule has 1 aromatic rings. The van der Waals surface area contributed by atoms with Crippen molar-refractivity contribution >= 4 is 43.3 Å². The van der Waals surface area contributed by atoms with Crippen LogP contribution in [0.5, 0.6) is 0 Å². The lowest BCUT2D eigenvalue weighted by molar-refractivity contribution is 0.0554. The minimum atomic E-state index is -3.86. The SMILES string of the molecule is CCCC(C)(O)CNS(=O)(=O)c1cc(C(=O)O)sc1Br. The van der Waals surface area contributed by atoms with Crippen LogP contribution < -0.4 is 4.72 Å². The van der Waals surface area contributed by atoms with Crippen LogP contribution in [0.2, 0.25) is 0 Å². The highest BCUT2D eigenvalue weighted by Gasteiger charge is 2.27. The van der Waals surface area contributed by atoms with Crippen LogP contribution in [0.1, 0.15) is 36.4 Å². The van der Waals surface area contributed by atoms with Gasteiger partial charge in [-0.25, -0.2) is 17.9 Å². The fraction of sp³-hybridized carbons (Fsp3) is 0.545. The first-order valence-corrected chi connectivity index (χ1v) is 8.93. The first-order valence-electron chi connectivity index (χ1n) is 5.84. The smallest absolute Gasteiger partial charge is 0.345 e. The molecular weight excluding hydrogens is 370 g/mol. The Balaban J connectivity index is 2.92. The summed E-state index contributed by atoms with van der Waals surface area (Å²) in [5.74, 6) is -1.19. The second-order valence-corrected chi connectivity index (χ2v) is 8.73. The minimum absolute atomic E-state index is 0.0717. The first-order chi connectivity index (χ1) is 9.09. The van der Waals surface area contributed by atoms with Gasteiger partial charge in [-0.1, -0.05) is 13.3 Å². The summed E-state index contributed by atoms with van der Waals surface area (Å²) in [6, 6.07) is 1.09. The number of carboxylic acids is 1. The topological polar surface area (TPSA) is 104 Å². The second kappa shape index (κ2) is 6.52. The summed E-state index contributed by atoms with van der Waals surface area (Å²) in [5, 5.41) is 18.8. The Kier molecular flexibility index (Phi) is 5.73. The lowest BCUT2D eigenvalue weighted by Crippen LogP contribution is -2.40. The molecule has 0 amide bonds. The third kappa shape index (κ3) is 4.52. The fourth-order valence-electron chi connectivity index (χ4n) is 1.60. The van der Waals surface area contributed by atoms with Crippen molar-refractivity contribution in [3.8, 4) is 0 Å². The summed E-state index contributed by atoms with van der Waals surface area (Å²) in [4.78, 5) is 10.6. The summed E-state index contributed by atoms with van der Waals surface area (Å²) in [5.41, 5.74) is -1.14. The van der Waals surface area contributed by atoms with Crippen LogP contribution in [0.4, 0.5) is 0 Å². The summed E-state index contributed by atoms with van der Waals surface area (Å²) in [6.07, 6.45) is 1.18. The quantitative estimate of drug-likeness (QED) is 0.665. The Morgan fingerprint density at radius 3 is 2.60 bits per heavy atom. The van der Waals surface area contributed by atoms with Crippen LogP contribution in [0.15, 0.2) is 14.7 Å². The van der Waals surface area contributed by atoms with Gasteiger partial charge < -0.3 is 10.2 Å². The number of aromatic carboxylic acids is 1. The summed E-state index contributed by atoms with van der Waals surface area (Å²) in [6.45, 7) is 3.30. The van der Waals surface area contributed by atoms with Crippen molar-refractivity contribution in [1.82, 2.24) is 4.72 Å². The van der Waals surface area contributed by atoms with Gasteiger partial charge in [-0.2, -0.15) is 0 Å². The van der Waals surface area contributed by atoms with Crippen molar-refractivity contribution in [3.63, 3.8) is 0 Å². The van der Waals surface area contributed by atoms with E-state index in [-0.39, 0.29) is 20.1 Å². The first kappa shape index (κ1) is 17.6. The van der Waals surface area contributed by atoms with E-state index in [1.165, 1.54) is 0 Å². The Hall–Kier alpha value is -0.480. The highest BCUT2D eigenvalue weighted by atomic mass is 79.9. The highest BCUT2D eigenvalue weighted by Crippen LogP contribution is 2.31. The maximum absolute atomic E-state index is 12.1. The molecule has 1 unspecified atom stereocenters. The summed E-state index contributed by atoms with van der Waals surface area (Å²) >= 11 is 3.87. The van der Waals surface area contributed by atoms with Crippen LogP contribution >= 0.6 is 27.3 Å². The number of sulfonamides is 1. The molecule has 114 valence electrons. The van der Waals surface area contributed by atoms with Crippen LogP contribution in [-0.4, -0.2) is 36.7 Å². The molecule has 0 aliphatic heterocycles. The van der Waals surface area contributed by atoms with Gasteiger partial charge in [0.25, 0.3) is 0 Å². The van der Waals surface area contributed by atoms with Gasteiger partial charge in [0, 0.05) is 6.54 Å². The molecule has 0 saturated heterocycles. The average molecular weight is 386 g/mol. The normalized spacial score (nSPS) is 15.0. The van der Waals surface area contributed by atoms with Crippen molar-refractivity contribution in [3.05, 3.63) is 14.7 Å². The van der Waals surface area contributed by atoms with Crippen LogP contribution in [0.25, 0.3) is 0 Å². The molecule has 0 aliphatic rings. The lowest BCUT2D eigenvalue weighted by atomic mass is 10.0. The Bertz CT molecular complexity index is 594. The van der Waals surface area contributed by atoms with Gasteiger partial charge >= 0.3 is 5.97 Å². The zero-order valence-electron chi connectivity index (χ0n) is 11.0. The van der Waals surface area contributed by atoms with Crippen molar-refractivity contribution in [2.24, 2.45) is 0 Å². The van der Waals surface area contributed by atoms with Gasteiger partial charge in [0.15, 0.2) is 0 Å². The van der Waals surface area contributed by atoms with Crippen molar-refractivity contribution in [2.45, 2.75) is 37.2 Å². The van der Waals surface area contributed by atoms with Gasteiger partial charge in [0.05, 0.1) is 9.39 Å². The lowest BCUT2D eigenvalue weighted by Gasteiger charge is -2.22. The van der Waals surface area contributed by atoms with Gasteiger partial charge in [-0.15, -0.1) is 11.3 Å². The van der Waals surface area contributed by atoms with Gasteiger partial charge in [0.2, 0.25) is 10.0 Å². The summed E-state index contributed by atoms with van der Waals surface area (Å²) in [7, 11) is -3.86. The summed E-state index contributed by atoms with van der Waals surface area (Å²) < 4.78 is 26.7. The van der Waals surface area contributed by atoms with E-state index in [1.54, 1.807) is 6.92 Å². The molecule has 1 rings (SSSR count). The van der Waals surface area contributed by atoms with E-state index in [0.29, 0.717) is 6.42 Å². The second-order valence-electron chi connectivity index (χ2n) is 4.63. The Labute approximate surface area is 130 Å². The number of nitrogens with one attached hydrogen (secondary N) is 1. The Morgan fingerprint density at radius 1 is 1.55 bits per heavy atom. The number of aliphatic hydroxyl groups is 1. The molecule has 0 saturated carbocycles. The Morgan fingerprint density at radius 2 is 2.15 bits per heavy atom. The van der Waals surface area contributed by atoms with Crippen LogP contribution in [0.3, 0.4) is 0 Å². The largest absolute Gasteiger partial charge is 0.477 e. The molecule has 1 atom stereocenters. The average Bonchev–Trinajstić information content (AvgIpc) is 2.70. The highest BCUT2D eigenvalue weighted by molar-refractivity contribution is 9.11. The van der Waals surface area contributed by atoms with E-state index in [1.807, 2.05) is 6.92 Å². The maximum Gasteiger partial charge on any atom is 0.345 e. The number of rotatable bonds is 7. The number of carboxylic acid groups (broad SMARTS) is 1. The number of hydrogen-bond donors (Lipinski definition) is 3. The van der Waals surface area contributed by atoms with E-state index < -0.39 is 21.6 Å². The van der Waals surface area contributed by atoms with Gasteiger partial charge in [0.1, 0.15) is 9.77 Å². The maximum atomic E-state index is 12.1. The molecule has 0 aliphatic carbocycles. The van der Waals surface area contributed by atoms with Gasteiger partial charge in [-0.05, 0) is 35.3 Å². The van der Waals surface area contributed by atoms with Crippen molar-refractivity contribution < 1.29 is 23.4 Å². The molecule has 0 bridgehead atoms. The molecule has 0 radical (unpaired) electrons. The number of halogens is 1. The number of carbonyl (C=O) groups is 1. The van der Waals surface area contributed by atoms with E-state index in [0.717, 1.165) is 23.8 Å². The van der Waals surface area contributed by atoms with Crippen molar-refractivity contribution in [2.75, 3.05) is 6.54 Å². The molecule has 0 fully saturated rings. The molecule has 1 aromatic heterocycles. The molecule has 3 N–H and O–H groups in total. The minimum Gasteiger partial charge on any atom is -0.477 e. The molecule has 9 heteroatoms. The molecule has 6 nitrogen and oxygen atoms in total. The standard InChI is InChI=1S/C11H16BrNO5S2/c1-3-4-11(2,16)6-13-20(17,18)8-5-7(10(14)15)19-9(8)12/h5,13,16H,3-4,6H2,1-2H3,(H,14,15). The number of hydrogen-bond acceptors (Lipinski definition) is 5. The van der Waals surface area contributed by atoms with Crippen molar-refractivity contribution in [1.29, 1.82) is 0 Å². The molecule has 1 heterocycles. The molecule has 0 aromatic carbocycles. The number of thiophene rings is 1. The zero-order chi connectivity index (χ0) is 15.6. The molecule has 0 spiro atoms. The van der Waals surface area contributed by atoms with E-state index in [4.69, 9.17) is 5.11 Å². The van der Waals surface area contributed by atoms with E-state index >= 15 is 0 Å². The predicted molar refractivity (Wildman–Crippen MR) is 79.7 cm³/mol. The van der Waals surface area contributed by atoms with E-state index in [9.17, 15) is 18.3 Å². The monoisotopic (exact) mass is 385 g/mol. The zero-order valence-corrected chi connectivity index (χ0v) is 14.2. The molecular formula is C11H16BrNO5S2.